The Morgan fingerprint density at radius 1 is 1.08 bits per heavy atom. The van der Waals surface area contributed by atoms with Crippen molar-refractivity contribution in [3.05, 3.63) is 87.3 Å². The summed E-state index contributed by atoms with van der Waals surface area (Å²) < 4.78 is 16.7. The van der Waals surface area contributed by atoms with Crippen molar-refractivity contribution in [1.82, 2.24) is 9.55 Å². The highest BCUT2D eigenvalue weighted by atomic mass is 35.5. The highest BCUT2D eigenvalue weighted by Crippen LogP contribution is 2.40. The molecule has 0 spiro atoms. The summed E-state index contributed by atoms with van der Waals surface area (Å²) in [4.78, 5) is 5.77. The molecular weight excluding hydrogens is 369 g/mol. The van der Waals surface area contributed by atoms with E-state index in [1.54, 1.807) is 23.5 Å². The van der Waals surface area contributed by atoms with Gasteiger partial charge in [-0.05, 0) is 41.8 Å². The molecule has 0 aliphatic carbocycles. The van der Waals surface area contributed by atoms with Crippen LogP contribution in [0.25, 0.3) is 16.7 Å². The number of hydrogen-bond acceptors (Lipinski definition) is 3. The van der Waals surface area contributed by atoms with Gasteiger partial charge >= 0.3 is 0 Å². The average Bonchev–Trinajstić information content (AvgIpc) is 3.29. The number of para-hydroxylation sites is 2. The van der Waals surface area contributed by atoms with E-state index in [-0.39, 0.29) is 11.9 Å². The number of thiophene rings is 1. The van der Waals surface area contributed by atoms with Crippen molar-refractivity contribution in [2.24, 2.45) is 0 Å². The first-order valence-corrected chi connectivity index (χ1v) is 9.42. The molecular formula is C20H13ClFN3S. The van der Waals surface area contributed by atoms with Crippen molar-refractivity contribution in [2.45, 2.75) is 6.04 Å². The lowest BCUT2D eigenvalue weighted by molar-refractivity contribution is 0.584. The third-order valence-corrected chi connectivity index (χ3v) is 5.76. The van der Waals surface area contributed by atoms with E-state index in [4.69, 9.17) is 16.6 Å². The van der Waals surface area contributed by atoms with Gasteiger partial charge in [-0.25, -0.2) is 9.37 Å². The molecule has 1 N–H and O–H groups in total. The minimum Gasteiger partial charge on any atom is -0.324 e. The van der Waals surface area contributed by atoms with Crippen molar-refractivity contribution in [3.8, 4) is 0 Å². The lowest BCUT2D eigenvalue weighted by atomic mass is 10.0. The summed E-state index contributed by atoms with van der Waals surface area (Å²) in [6.07, 6.45) is 2.01. The Balaban J connectivity index is 1.80. The number of halogens is 2. The number of anilines is 1. The number of hydrogen-bond donors (Lipinski definition) is 1. The van der Waals surface area contributed by atoms with Crippen LogP contribution in [0.3, 0.4) is 0 Å². The van der Waals surface area contributed by atoms with E-state index in [0.29, 0.717) is 16.5 Å². The van der Waals surface area contributed by atoms with Gasteiger partial charge in [0.05, 0.1) is 27.6 Å². The van der Waals surface area contributed by atoms with Gasteiger partial charge in [0.2, 0.25) is 5.95 Å². The van der Waals surface area contributed by atoms with Crippen LogP contribution in [-0.4, -0.2) is 9.55 Å². The Morgan fingerprint density at radius 3 is 2.77 bits per heavy atom. The van der Waals surface area contributed by atoms with Crippen LogP contribution < -0.4 is 5.32 Å². The molecule has 128 valence electrons. The molecule has 4 aromatic rings. The maximum absolute atomic E-state index is 14.7. The molecule has 1 aliphatic heterocycles. The van der Waals surface area contributed by atoms with Gasteiger partial charge in [0.25, 0.3) is 0 Å². The topological polar surface area (TPSA) is 29.9 Å². The Bertz CT molecular complexity index is 1130. The first-order chi connectivity index (χ1) is 12.7. The Kier molecular flexibility index (Phi) is 3.58. The fourth-order valence-corrected chi connectivity index (χ4v) is 4.37. The number of rotatable bonds is 2. The number of fused-ring (bicyclic) bond motifs is 3. The van der Waals surface area contributed by atoms with Crippen molar-refractivity contribution in [3.63, 3.8) is 0 Å². The summed E-state index contributed by atoms with van der Waals surface area (Å²) in [6.45, 7) is 0. The Labute approximate surface area is 158 Å². The largest absolute Gasteiger partial charge is 0.324 e. The quantitative estimate of drug-likeness (QED) is 0.465. The number of imidazole rings is 1. The molecule has 0 saturated carbocycles. The van der Waals surface area contributed by atoms with Crippen molar-refractivity contribution in [2.75, 3.05) is 5.32 Å². The minimum atomic E-state index is -0.385. The van der Waals surface area contributed by atoms with Gasteiger partial charge in [-0.1, -0.05) is 35.9 Å². The van der Waals surface area contributed by atoms with E-state index in [2.05, 4.69) is 5.32 Å². The standard InChI is InChI=1S/C20H13ClFN3S/c21-12-5-3-6-13(22)19(12)17-11-15(18-9-4-10-26-18)24-20-23-14-7-1-2-8-16(14)25(17)20/h1-11,17H,(H,23,24). The van der Waals surface area contributed by atoms with Crippen LogP contribution in [-0.2, 0) is 0 Å². The number of benzene rings is 2. The molecule has 2 aromatic heterocycles. The van der Waals surface area contributed by atoms with E-state index in [0.717, 1.165) is 21.6 Å². The van der Waals surface area contributed by atoms with E-state index in [9.17, 15) is 4.39 Å². The maximum Gasteiger partial charge on any atom is 0.209 e. The van der Waals surface area contributed by atoms with Crippen LogP contribution in [0, 0.1) is 5.82 Å². The SMILES string of the molecule is Fc1cccc(Cl)c1C1C=C(c2cccs2)Nc2nc3ccccc3n21. The first kappa shape index (κ1) is 15.6. The average molecular weight is 382 g/mol. The number of aromatic nitrogens is 2. The second kappa shape index (κ2) is 5.97. The summed E-state index contributed by atoms with van der Waals surface area (Å²) >= 11 is 8.02. The monoisotopic (exact) mass is 381 g/mol. The van der Waals surface area contributed by atoms with Gasteiger partial charge in [0.15, 0.2) is 0 Å². The second-order valence-electron chi connectivity index (χ2n) is 6.06. The van der Waals surface area contributed by atoms with Crippen molar-refractivity contribution < 1.29 is 4.39 Å². The summed E-state index contributed by atoms with van der Waals surface area (Å²) in [5.41, 5.74) is 3.15. The zero-order chi connectivity index (χ0) is 17.7. The highest BCUT2D eigenvalue weighted by Gasteiger charge is 2.28. The van der Waals surface area contributed by atoms with Gasteiger partial charge in [0.1, 0.15) is 5.82 Å². The van der Waals surface area contributed by atoms with Crippen LogP contribution in [0.4, 0.5) is 10.3 Å². The molecule has 2 aromatic carbocycles. The molecule has 3 heterocycles. The lowest BCUT2D eigenvalue weighted by Crippen LogP contribution is -2.20. The summed E-state index contributed by atoms with van der Waals surface area (Å²) in [5.74, 6) is 0.358. The van der Waals surface area contributed by atoms with E-state index in [1.807, 2.05) is 52.4 Å². The minimum absolute atomic E-state index is 0.324. The third-order valence-electron chi connectivity index (χ3n) is 4.53. The highest BCUT2D eigenvalue weighted by molar-refractivity contribution is 7.11. The van der Waals surface area contributed by atoms with E-state index in [1.165, 1.54) is 6.07 Å². The maximum atomic E-state index is 14.7. The molecule has 26 heavy (non-hydrogen) atoms. The van der Waals surface area contributed by atoms with Gasteiger partial charge in [-0.2, -0.15) is 0 Å². The number of allylic oxidation sites excluding steroid dienone is 1. The number of nitrogens with one attached hydrogen (secondary N) is 1. The van der Waals surface area contributed by atoms with Gasteiger partial charge in [-0.3, -0.25) is 4.57 Å². The van der Waals surface area contributed by atoms with Gasteiger partial charge < -0.3 is 5.32 Å². The molecule has 3 nitrogen and oxygen atoms in total. The summed E-state index contributed by atoms with van der Waals surface area (Å²) in [5, 5.41) is 5.80. The smallest absolute Gasteiger partial charge is 0.209 e. The van der Waals surface area contributed by atoms with Crippen LogP contribution in [0.15, 0.2) is 66.1 Å². The zero-order valence-corrected chi connectivity index (χ0v) is 15.1. The second-order valence-corrected chi connectivity index (χ2v) is 7.41. The summed E-state index contributed by atoms with van der Waals surface area (Å²) in [6, 6.07) is 16.3. The van der Waals surface area contributed by atoms with Crippen molar-refractivity contribution >= 4 is 45.6 Å². The first-order valence-electron chi connectivity index (χ1n) is 8.16. The predicted octanol–water partition coefficient (Wildman–Crippen LogP) is 5.95. The molecule has 0 amide bonds. The fourth-order valence-electron chi connectivity index (χ4n) is 3.39. The molecule has 1 aliphatic rings. The number of nitrogens with zero attached hydrogens (tertiary/aromatic N) is 2. The molecule has 0 saturated heterocycles. The van der Waals surface area contributed by atoms with Crippen LogP contribution >= 0.6 is 22.9 Å². The van der Waals surface area contributed by atoms with Crippen LogP contribution in [0.1, 0.15) is 16.5 Å². The fraction of sp³-hybridized carbons (Fsp3) is 0.0500. The Hall–Kier alpha value is -2.63. The molecule has 0 fully saturated rings. The Morgan fingerprint density at radius 2 is 1.96 bits per heavy atom. The van der Waals surface area contributed by atoms with Crippen molar-refractivity contribution in [1.29, 1.82) is 0 Å². The zero-order valence-electron chi connectivity index (χ0n) is 13.5. The van der Waals surface area contributed by atoms with E-state index >= 15 is 0 Å². The van der Waals surface area contributed by atoms with Gasteiger partial charge in [0, 0.05) is 10.6 Å². The van der Waals surface area contributed by atoms with Gasteiger partial charge in [-0.15, -0.1) is 11.3 Å². The summed E-state index contributed by atoms with van der Waals surface area (Å²) in [7, 11) is 0. The molecule has 1 unspecified atom stereocenters. The molecule has 6 heteroatoms. The van der Waals surface area contributed by atoms with Crippen LogP contribution in [0.5, 0.6) is 0 Å². The van der Waals surface area contributed by atoms with Crippen LogP contribution in [0.2, 0.25) is 5.02 Å². The molecule has 5 rings (SSSR count). The third kappa shape index (κ3) is 2.35. The van der Waals surface area contributed by atoms with E-state index < -0.39 is 0 Å². The molecule has 0 bridgehead atoms. The lowest BCUT2D eigenvalue weighted by Gasteiger charge is -2.27. The normalized spacial score (nSPS) is 16.2. The molecule has 0 radical (unpaired) electrons. The predicted molar refractivity (Wildman–Crippen MR) is 105 cm³/mol. The molecule has 1 atom stereocenters.